The maximum Gasteiger partial charge on any atom is 0.407 e. The molecule has 238 valence electrons. The van der Waals surface area contributed by atoms with Gasteiger partial charge in [-0.05, 0) is 81.5 Å². The van der Waals surface area contributed by atoms with Crippen LogP contribution in [0.3, 0.4) is 0 Å². The van der Waals surface area contributed by atoms with Crippen LogP contribution in [0.2, 0.25) is 0 Å². The molecule has 0 saturated carbocycles. The average molecular weight is 625 g/mol. The Morgan fingerprint density at radius 1 is 1.11 bits per heavy atom. The number of alkyl carbamates (subject to hydrolysis) is 1. The number of hydrogen-bond donors (Lipinski definition) is 3. The minimum absolute atomic E-state index is 0.125. The van der Waals surface area contributed by atoms with Gasteiger partial charge in [-0.15, -0.1) is 0 Å². The highest BCUT2D eigenvalue weighted by Gasteiger charge is 2.36. The Morgan fingerprint density at radius 3 is 2.52 bits per heavy atom. The topological polar surface area (TPSA) is 160 Å². The Kier molecular flexibility index (Phi) is 10.5. The van der Waals surface area contributed by atoms with Crippen LogP contribution in [0.4, 0.5) is 10.5 Å². The number of carbonyl (C=O) groups is 2. The summed E-state index contributed by atoms with van der Waals surface area (Å²) in [6, 6.07) is 12.5. The van der Waals surface area contributed by atoms with Crippen LogP contribution in [-0.4, -0.2) is 80.3 Å². The third kappa shape index (κ3) is 8.25. The maximum absolute atomic E-state index is 13.6. The Morgan fingerprint density at radius 2 is 1.84 bits per heavy atom. The van der Waals surface area contributed by atoms with Gasteiger partial charge >= 0.3 is 6.09 Å². The molecule has 4 rings (SSSR count). The smallest absolute Gasteiger partial charge is 0.407 e. The van der Waals surface area contributed by atoms with Crippen LogP contribution in [0.25, 0.3) is 17.2 Å². The number of nitrogens with two attached hydrogens (primary N) is 2. The summed E-state index contributed by atoms with van der Waals surface area (Å²) in [5.41, 5.74) is 14.8. The van der Waals surface area contributed by atoms with Crippen molar-refractivity contribution in [3.8, 4) is 11.1 Å². The second-order valence-corrected chi connectivity index (χ2v) is 14.2. The molecule has 2 amide bonds. The Balaban J connectivity index is 1.49. The van der Waals surface area contributed by atoms with Gasteiger partial charge in [-0.1, -0.05) is 31.2 Å². The number of ether oxygens (including phenoxy) is 1. The van der Waals surface area contributed by atoms with Gasteiger partial charge in [0.05, 0.1) is 10.6 Å². The Hall–Kier alpha value is -3.74. The van der Waals surface area contributed by atoms with E-state index in [9.17, 15) is 18.0 Å². The highest BCUT2D eigenvalue weighted by molar-refractivity contribution is 7.89. The molecule has 5 N–H and O–H groups in total. The number of amidine groups is 1. The van der Waals surface area contributed by atoms with Crippen LogP contribution in [0.15, 0.2) is 57.9 Å². The normalized spacial score (nSPS) is 15.8. The number of sulfonamides is 1. The molecule has 2 heterocycles. The van der Waals surface area contributed by atoms with Gasteiger partial charge < -0.3 is 26.4 Å². The number of nitrogens with zero attached hydrogens (tertiary/aromatic N) is 3. The fraction of sp³-hybridized carbons (Fsp3) is 0.469. The molecule has 2 aliphatic heterocycles. The highest BCUT2D eigenvalue weighted by Crippen LogP contribution is 2.34. The molecule has 44 heavy (non-hydrogen) atoms. The maximum atomic E-state index is 13.6. The van der Waals surface area contributed by atoms with Gasteiger partial charge in [0.1, 0.15) is 11.4 Å². The largest absolute Gasteiger partial charge is 0.444 e. The number of amides is 2. The van der Waals surface area contributed by atoms with Crippen molar-refractivity contribution in [2.24, 2.45) is 22.4 Å². The standard InChI is InChI=1S/C32H44N6O5S/c1-5-13-37(14-7-12-35-31(40)43-32(2,3)4)30(39)26-15-25-11-10-24(17-28(25)36-29(34)18-26)23-8-6-9-27(16-23)44(41,42)38-20-22(19-33)21-38/h6,8-11,15-17,22H,5,7,12-14,18-21,33H2,1-4H3,(H2,34,36)(H,35,40). The number of benzene rings is 2. The molecule has 0 bridgehead atoms. The van der Waals surface area contributed by atoms with Crippen LogP contribution in [0.1, 0.15) is 52.5 Å². The SMILES string of the molecule is CCCN(CCCNC(=O)OC(C)(C)C)C(=O)C1=Cc2ccc(-c3cccc(S(=O)(=O)N4CC(CN)C4)c3)cc2N=C(N)C1. The van der Waals surface area contributed by atoms with E-state index in [-0.39, 0.29) is 23.1 Å². The van der Waals surface area contributed by atoms with Gasteiger partial charge in [-0.2, -0.15) is 4.31 Å². The zero-order valence-electron chi connectivity index (χ0n) is 26.0. The van der Waals surface area contributed by atoms with E-state index in [0.29, 0.717) is 62.8 Å². The fourth-order valence-electron chi connectivity index (χ4n) is 5.12. The van der Waals surface area contributed by atoms with E-state index in [2.05, 4.69) is 10.3 Å². The molecule has 0 spiro atoms. The molecule has 2 aromatic carbocycles. The third-order valence-electron chi connectivity index (χ3n) is 7.39. The lowest BCUT2D eigenvalue weighted by atomic mass is 10.0. The molecule has 0 atom stereocenters. The molecule has 0 aromatic heterocycles. The molecule has 2 aromatic rings. The molecule has 1 fully saturated rings. The zero-order chi connectivity index (χ0) is 32.1. The van der Waals surface area contributed by atoms with E-state index in [1.165, 1.54) is 4.31 Å². The minimum Gasteiger partial charge on any atom is -0.444 e. The molecule has 0 unspecified atom stereocenters. The van der Waals surface area contributed by atoms with E-state index in [4.69, 9.17) is 16.2 Å². The molecule has 12 heteroatoms. The van der Waals surface area contributed by atoms with Crippen molar-refractivity contribution < 1.29 is 22.7 Å². The third-order valence-corrected chi connectivity index (χ3v) is 9.21. The minimum atomic E-state index is -3.61. The number of fused-ring (bicyclic) bond motifs is 1. The lowest BCUT2D eigenvalue weighted by Gasteiger charge is -2.37. The van der Waals surface area contributed by atoms with Gasteiger partial charge in [-0.25, -0.2) is 18.2 Å². The Bertz CT molecular complexity index is 1540. The molecule has 0 radical (unpaired) electrons. The van der Waals surface area contributed by atoms with Crippen molar-refractivity contribution in [2.45, 2.75) is 57.5 Å². The molecular weight excluding hydrogens is 580 g/mol. The van der Waals surface area contributed by atoms with E-state index >= 15 is 0 Å². The van der Waals surface area contributed by atoms with E-state index < -0.39 is 21.7 Å². The summed E-state index contributed by atoms with van der Waals surface area (Å²) in [5.74, 6) is 0.382. The van der Waals surface area contributed by atoms with E-state index in [1.807, 2.05) is 37.3 Å². The van der Waals surface area contributed by atoms with Crippen molar-refractivity contribution in [3.05, 3.63) is 53.6 Å². The van der Waals surface area contributed by atoms with Crippen molar-refractivity contribution in [2.75, 3.05) is 39.3 Å². The molecule has 2 aliphatic rings. The van der Waals surface area contributed by atoms with Gasteiger partial charge in [-0.3, -0.25) is 4.79 Å². The molecule has 0 aliphatic carbocycles. The highest BCUT2D eigenvalue weighted by atomic mass is 32.2. The first kappa shape index (κ1) is 33.2. The van der Waals surface area contributed by atoms with Crippen molar-refractivity contribution in [1.82, 2.24) is 14.5 Å². The lowest BCUT2D eigenvalue weighted by molar-refractivity contribution is -0.127. The summed E-state index contributed by atoms with van der Waals surface area (Å²) in [7, 11) is -3.61. The van der Waals surface area contributed by atoms with E-state index in [1.54, 1.807) is 43.9 Å². The zero-order valence-corrected chi connectivity index (χ0v) is 26.8. The summed E-state index contributed by atoms with van der Waals surface area (Å²) >= 11 is 0. The van der Waals surface area contributed by atoms with Crippen LogP contribution in [0, 0.1) is 5.92 Å². The van der Waals surface area contributed by atoms with E-state index in [0.717, 1.165) is 23.1 Å². The number of nitrogens with one attached hydrogen (secondary N) is 1. The predicted molar refractivity (Wildman–Crippen MR) is 173 cm³/mol. The quantitative estimate of drug-likeness (QED) is 0.320. The summed E-state index contributed by atoms with van der Waals surface area (Å²) < 4.78 is 33.0. The predicted octanol–water partition coefficient (Wildman–Crippen LogP) is 3.86. The number of hydrogen-bond acceptors (Lipinski definition) is 8. The molecule has 1 saturated heterocycles. The van der Waals surface area contributed by atoms with Crippen LogP contribution in [0.5, 0.6) is 0 Å². The average Bonchev–Trinajstić information content (AvgIpc) is 3.10. The van der Waals surface area contributed by atoms with Gasteiger partial charge in [0.2, 0.25) is 15.9 Å². The number of rotatable bonds is 11. The molecular formula is C32H44N6O5S. The van der Waals surface area contributed by atoms with Crippen molar-refractivity contribution in [1.29, 1.82) is 0 Å². The summed E-state index contributed by atoms with van der Waals surface area (Å²) in [4.78, 5) is 32.2. The first-order valence-corrected chi connectivity index (χ1v) is 16.5. The second-order valence-electron chi connectivity index (χ2n) is 12.2. The van der Waals surface area contributed by atoms with Crippen molar-refractivity contribution in [3.63, 3.8) is 0 Å². The first-order chi connectivity index (χ1) is 20.8. The number of aliphatic imine (C=N–C) groups is 1. The van der Waals surface area contributed by atoms with Crippen molar-refractivity contribution >= 4 is 39.6 Å². The lowest BCUT2D eigenvalue weighted by Crippen LogP contribution is -2.52. The van der Waals surface area contributed by atoms with Crippen LogP contribution < -0.4 is 16.8 Å². The summed E-state index contributed by atoms with van der Waals surface area (Å²) in [6.45, 7) is 10.2. The van der Waals surface area contributed by atoms with Crippen LogP contribution >= 0.6 is 0 Å². The summed E-state index contributed by atoms with van der Waals surface area (Å²) in [6.07, 6.45) is 2.89. The van der Waals surface area contributed by atoms with Gasteiger partial charge in [0.25, 0.3) is 0 Å². The molecule has 11 nitrogen and oxygen atoms in total. The summed E-state index contributed by atoms with van der Waals surface area (Å²) in [5, 5.41) is 2.74. The second kappa shape index (κ2) is 13.9. The van der Waals surface area contributed by atoms with Gasteiger partial charge in [0.15, 0.2) is 0 Å². The van der Waals surface area contributed by atoms with Gasteiger partial charge in [0, 0.05) is 50.3 Å². The van der Waals surface area contributed by atoms with Crippen LogP contribution in [-0.2, 0) is 19.6 Å². The first-order valence-electron chi connectivity index (χ1n) is 15.0. The number of carbonyl (C=O) groups excluding carboxylic acids is 2. The fourth-order valence-corrected chi connectivity index (χ4v) is 6.76. The monoisotopic (exact) mass is 624 g/mol. The Labute approximate surface area is 260 Å².